The van der Waals surface area contributed by atoms with Gasteiger partial charge in [-0.3, -0.25) is 4.57 Å². The van der Waals surface area contributed by atoms with Crippen LogP contribution in [0.15, 0.2) is 24.3 Å². The van der Waals surface area contributed by atoms with Crippen molar-refractivity contribution in [2.24, 2.45) is 0 Å². The molecule has 1 N–H and O–H groups in total. The zero-order valence-corrected chi connectivity index (χ0v) is 13.1. The Morgan fingerprint density at radius 2 is 2.15 bits per heavy atom. The normalized spacial score (nSPS) is 12.8. The minimum atomic E-state index is 0.148. The molecule has 0 aliphatic carbocycles. The molecular weight excluding hydrogens is 290 g/mol. The van der Waals surface area contributed by atoms with Crippen molar-refractivity contribution >= 4 is 34.7 Å². The number of fused-ring (bicyclic) bond motifs is 1. The molecule has 0 saturated carbocycles. The SMILES string of the molecule is COc1ccc2[nH]c(=S)n(C(C)c3ccc(C)s3)c2n1. The van der Waals surface area contributed by atoms with Crippen LogP contribution in [0.1, 0.15) is 22.7 Å². The van der Waals surface area contributed by atoms with Gasteiger partial charge in [0.15, 0.2) is 10.4 Å². The average molecular weight is 305 g/mol. The number of aryl methyl sites for hydroxylation is 1. The van der Waals surface area contributed by atoms with Crippen molar-refractivity contribution in [3.05, 3.63) is 38.8 Å². The van der Waals surface area contributed by atoms with E-state index in [4.69, 9.17) is 17.0 Å². The van der Waals surface area contributed by atoms with E-state index in [0.717, 1.165) is 11.2 Å². The number of thiophene rings is 1. The number of aromatic amines is 1. The predicted molar refractivity (Wildman–Crippen MR) is 84.3 cm³/mol. The molecule has 0 aliphatic rings. The fourth-order valence-corrected chi connectivity index (χ4v) is 3.54. The molecule has 0 spiro atoms. The number of nitrogens with zero attached hydrogens (tertiary/aromatic N) is 2. The fraction of sp³-hybridized carbons (Fsp3) is 0.286. The number of hydrogen-bond donors (Lipinski definition) is 1. The van der Waals surface area contributed by atoms with Gasteiger partial charge < -0.3 is 9.72 Å². The van der Waals surface area contributed by atoms with Crippen LogP contribution in [0.2, 0.25) is 0 Å². The summed E-state index contributed by atoms with van der Waals surface area (Å²) < 4.78 is 7.93. The maximum atomic E-state index is 5.45. The standard InChI is InChI=1S/C14H15N3OS2/c1-8-4-6-11(20-8)9(2)17-13-10(15-14(17)19)5-7-12(16-13)18-3/h4-7,9H,1-3H3,(H,15,19). The number of nitrogens with one attached hydrogen (secondary N) is 1. The molecule has 6 heteroatoms. The topological polar surface area (TPSA) is 42.8 Å². The molecule has 1 atom stereocenters. The highest BCUT2D eigenvalue weighted by Gasteiger charge is 2.16. The molecule has 0 radical (unpaired) electrons. The van der Waals surface area contributed by atoms with E-state index in [2.05, 4.69) is 35.9 Å². The molecule has 104 valence electrons. The van der Waals surface area contributed by atoms with Gasteiger partial charge in [0.2, 0.25) is 5.88 Å². The molecule has 0 saturated heterocycles. The zero-order valence-electron chi connectivity index (χ0n) is 11.5. The van der Waals surface area contributed by atoms with Crippen molar-refractivity contribution in [2.45, 2.75) is 19.9 Å². The lowest BCUT2D eigenvalue weighted by Gasteiger charge is -2.12. The molecule has 3 aromatic heterocycles. The van der Waals surface area contributed by atoms with Crippen LogP contribution in [0.5, 0.6) is 5.88 Å². The van der Waals surface area contributed by atoms with Crippen molar-refractivity contribution in [3.8, 4) is 5.88 Å². The largest absolute Gasteiger partial charge is 0.481 e. The Balaban J connectivity index is 2.19. The quantitative estimate of drug-likeness (QED) is 0.741. The summed E-state index contributed by atoms with van der Waals surface area (Å²) in [5.41, 5.74) is 1.75. The summed E-state index contributed by atoms with van der Waals surface area (Å²) in [6.45, 7) is 4.24. The summed E-state index contributed by atoms with van der Waals surface area (Å²) in [5, 5.41) is 0. The Labute approximate surface area is 126 Å². The third-order valence-corrected chi connectivity index (χ3v) is 4.78. The number of methoxy groups -OCH3 is 1. The summed E-state index contributed by atoms with van der Waals surface area (Å²) in [6, 6.07) is 8.20. The summed E-state index contributed by atoms with van der Waals surface area (Å²) in [5.74, 6) is 0.592. The van der Waals surface area contributed by atoms with E-state index in [0.29, 0.717) is 10.7 Å². The van der Waals surface area contributed by atoms with Gasteiger partial charge in [-0.05, 0) is 44.3 Å². The summed E-state index contributed by atoms with van der Waals surface area (Å²) in [6.07, 6.45) is 0. The molecule has 0 amide bonds. The Hall–Kier alpha value is -1.66. The highest BCUT2D eigenvalue weighted by molar-refractivity contribution is 7.71. The van der Waals surface area contributed by atoms with Gasteiger partial charge in [-0.2, -0.15) is 4.98 Å². The fourth-order valence-electron chi connectivity index (χ4n) is 2.26. The first-order chi connectivity index (χ1) is 9.60. The van der Waals surface area contributed by atoms with E-state index in [1.807, 2.05) is 16.7 Å². The molecule has 0 aromatic carbocycles. The van der Waals surface area contributed by atoms with Crippen LogP contribution in [0.3, 0.4) is 0 Å². The van der Waals surface area contributed by atoms with Gasteiger partial charge in [0.1, 0.15) is 0 Å². The molecule has 0 fully saturated rings. The number of imidazole rings is 1. The van der Waals surface area contributed by atoms with E-state index in [1.54, 1.807) is 18.4 Å². The first-order valence-electron chi connectivity index (χ1n) is 6.31. The van der Waals surface area contributed by atoms with Crippen molar-refractivity contribution in [2.75, 3.05) is 7.11 Å². The second kappa shape index (κ2) is 5.03. The predicted octanol–water partition coefficient (Wildman–Crippen LogP) is 4.08. The molecule has 4 nitrogen and oxygen atoms in total. The van der Waals surface area contributed by atoms with Gasteiger partial charge in [-0.25, -0.2) is 0 Å². The van der Waals surface area contributed by atoms with Crippen molar-refractivity contribution in [1.29, 1.82) is 0 Å². The minimum absolute atomic E-state index is 0.148. The van der Waals surface area contributed by atoms with Gasteiger partial charge in [0, 0.05) is 15.8 Å². The van der Waals surface area contributed by atoms with Crippen LogP contribution < -0.4 is 4.74 Å². The van der Waals surface area contributed by atoms with E-state index in [1.165, 1.54) is 9.75 Å². The average Bonchev–Trinajstić information content (AvgIpc) is 3.00. The summed E-state index contributed by atoms with van der Waals surface area (Å²) >= 11 is 7.23. The number of rotatable bonds is 3. The maximum absolute atomic E-state index is 5.45. The summed E-state index contributed by atoms with van der Waals surface area (Å²) in [4.78, 5) is 10.3. The maximum Gasteiger partial charge on any atom is 0.215 e. The molecule has 3 aromatic rings. The lowest BCUT2D eigenvalue weighted by Crippen LogP contribution is -2.06. The van der Waals surface area contributed by atoms with E-state index < -0.39 is 0 Å². The summed E-state index contributed by atoms with van der Waals surface area (Å²) in [7, 11) is 1.62. The zero-order chi connectivity index (χ0) is 14.3. The number of ether oxygens (including phenoxy) is 1. The third kappa shape index (κ3) is 2.14. The monoisotopic (exact) mass is 305 g/mol. The third-order valence-electron chi connectivity index (χ3n) is 3.31. The first kappa shape index (κ1) is 13.3. The second-order valence-corrected chi connectivity index (χ2v) is 6.36. The van der Waals surface area contributed by atoms with Crippen molar-refractivity contribution < 1.29 is 4.74 Å². The van der Waals surface area contributed by atoms with E-state index in [9.17, 15) is 0 Å². The van der Waals surface area contributed by atoms with Crippen LogP contribution in [0.4, 0.5) is 0 Å². The first-order valence-corrected chi connectivity index (χ1v) is 7.54. The van der Waals surface area contributed by atoms with Crippen LogP contribution in [0, 0.1) is 11.7 Å². The lowest BCUT2D eigenvalue weighted by atomic mass is 10.2. The highest BCUT2D eigenvalue weighted by atomic mass is 32.1. The Morgan fingerprint density at radius 1 is 1.35 bits per heavy atom. The highest BCUT2D eigenvalue weighted by Crippen LogP contribution is 2.29. The van der Waals surface area contributed by atoms with Gasteiger partial charge in [-0.15, -0.1) is 11.3 Å². The number of aromatic nitrogens is 3. The van der Waals surface area contributed by atoms with Gasteiger partial charge in [0.05, 0.1) is 18.7 Å². The molecule has 0 aliphatic heterocycles. The van der Waals surface area contributed by atoms with Crippen molar-refractivity contribution in [3.63, 3.8) is 0 Å². The van der Waals surface area contributed by atoms with Gasteiger partial charge in [-0.1, -0.05) is 0 Å². The van der Waals surface area contributed by atoms with Gasteiger partial charge in [0.25, 0.3) is 0 Å². The van der Waals surface area contributed by atoms with Gasteiger partial charge >= 0.3 is 0 Å². The molecular formula is C14H15N3OS2. The number of hydrogen-bond acceptors (Lipinski definition) is 4. The Morgan fingerprint density at radius 3 is 2.80 bits per heavy atom. The minimum Gasteiger partial charge on any atom is -0.481 e. The molecule has 20 heavy (non-hydrogen) atoms. The Kier molecular flexibility index (Phi) is 3.35. The van der Waals surface area contributed by atoms with Crippen LogP contribution in [0.25, 0.3) is 11.2 Å². The van der Waals surface area contributed by atoms with Crippen molar-refractivity contribution in [1.82, 2.24) is 14.5 Å². The lowest BCUT2D eigenvalue weighted by molar-refractivity contribution is 0.398. The van der Waals surface area contributed by atoms with E-state index in [-0.39, 0.29) is 6.04 Å². The Bertz CT molecular complexity index is 815. The van der Waals surface area contributed by atoms with Crippen LogP contribution in [-0.4, -0.2) is 21.6 Å². The second-order valence-electron chi connectivity index (χ2n) is 4.65. The van der Waals surface area contributed by atoms with E-state index >= 15 is 0 Å². The molecule has 0 bridgehead atoms. The van der Waals surface area contributed by atoms with Crippen LogP contribution >= 0.6 is 23.6 Å². The number of H-pyrrole nitrogens is 1. The van der Waals surface area contributed by atoms with Crippen LogP contribution in [-0.2, 0) is 0 Å². The molecule has 3 heterocycles. The molecule has 1 unspecified atom stereocenters. The molecule has 3 rings (SSSR count). The number of pyridine rings is 1. The smallest absolute Gasteiger partial charge is 0.215 e.